The van der Waals surface area contributed by atoms with Crippen LogP contribution in [0.1, 0.15) is 53.9 Å². The molecular formula is C15H31NO. The van der Waals surface area contributed by atoms with Crippen LogP contribution >= 0.6 is 0 Å². The molecule has 102 valence electrons. The van der Waals surface area contributed by atoms with Crippen molar-refractivity contribution in [3.8, 4) is 0 Å². The minimum atomic E-state index is 0.514. The molecule has 0 aromatic carbocycles. The highest BCUT2D eigenvalue weighted by atomic mass is 16.5. The monoisotopic (exact) mass is 241 g/mol. The van der Waals surface area contributed by atoms with Gasteiger partial charge in [-0.25, -0.2) is 0 Å². The topological polar surface area (TPSA) is 21.3 Å². The van der Waals surface area contributed by atoms with Crippen LogP contribution in [-0.4, -0.2) is 25.3 Å². The summed E-state index contributed by atoms with van der Waals surface area (Å²) in [5.74, 6) is 2.41. The Morgan fingerprint density at radius 1 is 1.18 bits per heavy atom. The van der Waals surface area contributed by atoms with Gasteiger partial charge in [-0.1, -0.05) is 27.7 Å². The zero-order chi connectivity index (χ0) is 12.8. The Balaban J connectivity index is 2.39. The third kappa shape index (κ3) is 4.97. The van der Waals surface area contributed by atoms with Gasteiger partial charge in [0.2, 0.25) is 0 Å². The van der Waals surface area contributed by atoms with E-state index in [1.807, 2.05) is 0 Å². The van der Waals surface area contributed by atoms with Gasteiger partial charge >= 0.3 is 0 Å². The summed E-state index contributed by atoms with van der Waals surface area (Å²) in [6.07, 6.45) is 4.04. The van der Waals surface area contributed by atoms with Gasteiger partial charge in [-0.15, -0.1) is 0 Å². The standard InChI is InChI=1S/C15H31NO/c1-6-17-10-15(11(2)3)16-14-8-7-12(4)13(5)9-14/h11-16H,6-10H2,1-5H3. The molecular weight excluding hydrogens is 210 g/mol. The van der Waals surface area contributed by atoms with Crippen molar-refractivity contribution in [3.63, 3.8) is 0 Å². The van der Waals surface area contributed by atoms with E-state index in [0.717, 1.165) is 25.0 Å². The van der Waals surface area contributed by atoms with Crippen LogP contribution in [0, 0.1) is 17.8 Å². The lowest BCUT2D eigenvalue weighted by Crippen LogP contribution is -2.46. The van der Waals surface area contributed by atoms with Crippen molar-refractivity contribution in [3.05, 3.63) is 0 Å². The fourth-order valence-corrected chi connectivity index (χ4v) is 2.68. The molecule has 0 heterocycles. The quantitative estimate of drug-likeness (QED) is 0.769. The van der Waals surface area contributed by atoms with Crippen molar-refractivity contribution in [2.75, 3.05) is 13.2 Å². The van der Waals surface area contributed by atoms with Gasteiger partial charge in [0.15, 0.2) is 0 Å². The molecule has 0 spiro atoms. The molecule has 1 aliphatic carbocycles. The molecule has 0 radical (unpaired) electrons. The molecule has 0 saturated heterocycles. The van der Waals surface area contributed by atoms with Gasteiger partial charge in [-0.3, -0.25) is 0 Å². The molecule has 0 aromatic rings. The summed E-state index contributed by atoms with van der Waals surface area (Å²) >= 11 is 0. The third-order valence-corrected chi connectivity index (χ3v) is 4.35. The highest BCUT2D eigenvalue weighted by molar-refractivity contribution is 4.83. The van der Waals surface area contributed by atoms with Crippen molar-refractivity contribution in [2.45, 2.75) is 66.0 Å². The maximum absolute atomic E-state index is 5.58. The van der Waals surface area contributed by atoms with Crippen LogP contribution < -0.4 is 5.32 Å². The minimum absolute atomic E-state index is 0.514. The first kappa shape index (κ1) is 15.0. The van der Waals surface area contributed by atoms with E-state index in [1.165, 1.54) is 19.3 Å². The van der Waals surface area contributed by atoms with E-state index in [2.05, 4.69) is 39.9 Å². The first-order valence-electron chi connectivity index (χ1n) is 7.38. The second-order valence-corrected chi connectivity index (χ2v) is 6.14. The lowest BCUT2D eigenvalue weighted by Gasteiger charge is -2.36. The molecule has 0 amide bonds. The van der Waals surface area contributed by atoms with Gasteiger partial charge in [-0.2, -0.15) is 0 Å². The Hall–Kier alpha value is -0.0800. The Kier molecular flexibility index (Phi) is 6.50. The molecule has 0 aliphatic heterocycles. The zero-order valence-electron chi connectivity index (χ0n) is 12.3. The smallest absolute Gasteiger partial charge is 0.0622 e. The SMILES string of the molecule is CCOCC(NC1CCC(C)C(C)C1)C(C)C. The molecule has 1 N–H and O–H groups in total. The molecule has 1 aliphatic rings. The highest BCUT2D eigenvalue weighted by Crippen LogP contribution is 2.29. The van der Waals surface area contributed by atoms with Gasteiger partial charge < -0.3 is 10.1 Å². The minimum Gasteiger partial charge on any atom is -0.380 e. The van der Waals surface area contributed by atoms with E-state index in [1.54, 1.807) is 0 Å². The molecule has 1 rings (SSSR count). The maximum atomic E-state index is 5.58. The average Bonchev–Trinajstić information content (AvgIpc) is 2.28. The van der Waals surface area contributed by atoms with Crippen LogP contribution in [-0.2, 0) is 4.74 Å². The van der Waals surface area contributed by atoms with E-state index >= 15 is 0 Å². The summed E-state index contributed by atoms with van der Waals surface area (Å²) in [5, 5.41) is 3.82. The number of ether oxygens (including phenoxy) is 1. The van der Waals surface area contributed by atoms with Crippen molar-refractivity contribution >= 4 is 0 Å². The van der Waals surface area contributed by atoms with E-state index in [0.29, 0.717) is 18.0 Å². The molecule has 17 heavy (non-hydrogen) atoms. The molecule has 0 bridgehead atoms. The van der Waals surface area contributed by atoms with E-state index in [-0.39, 0.29) is 0 Å². The molecule has 4 unspecified atom stereocenters. The molecule has 2 heteroatoms. The number of hydrogen-bond acceptors (Lipinski definition) is 2. The van der Waals surface area contributed by atoms with Crippen molar-refractivity contribution < 1.29 is 4.74 Å². The predicted octanol–water partition coefficient (Wildman–Crippen LogP) is 3.46. The first-order chi connectivity index (χ1) is 8.04. The van der Waals surface area contributed by atoms with Gasteiger partial charge in [-0.05, 0) is 43.9 Å². The van der Waals surface area contributed by atoms with Crippen LogP contribution in [0.25, 0.3) is 0 Å². The van der Waals surface area contributed by atoms with Crippen LogP contribution in [0.5, 0.6) is 0 Å². The van der Waals surface area contributed by atoms with Crippen LogP contribution in [0.2, 0.25) is 0 Å². The average molecular weight is 241 g/mol. The third-order valence-electron chi connectivity index (χ3n) is 4.35. The molecule has 1 saturated carbocycles. The maximum Gasteiger partial charge on any atom is 0.0622 e. The Morgan fingerprint density at radius 3 is 2.41 bits per heavy atom. The van der Waals surface area contributed by atoms with Crippen molar-refractivity contribution in [2.24, 2.45) is 17.8 Å². The molecule has 2 nitrogen and oxygen atoms in total. The predicted molar refractivity (Wildman–Crippen MR) is 74.2 cm³/mol. The summed E-state index contributed by atoms with van der Waals surface area (Å²) in [4.78, 5) is 0. The van der Waals surface area contributed by atoms with E-state index in [4.69, 9.17) is 4.74 Å². The number of hydrogen-bond donors (Lipinski definition) is 1. The Labute approximate surface area is 108 Å². The largest absolute Gasteiger partial charge is 0.380 e. The summed E-state index contributed by atoms with van der Waals surface area (Å²) in [6, 6.07) is 1.22. The van der Waals surface area contributed by atoms with Gasteiger partial charge in [0, 0.05) is 18.7 Å². The van der Waals surface area contributed by atoms with Crippen LogP contribution in [0.4, 0.5) is 0 Å². The second-order valence-electron chi connectivity index (χ2n) is 6.14. The van der Waals surface area contributed by atoms with Gasteiger partial charge in [0.05, 0.1) is 6.61 Å². The molecule has 4 atom stereocenters. The highest BCUT2D eigenvalue weighted by Gasteiger charge is 2.26. The fraction of sp³-hybridized carbons (Fsp3) is 1.00. The zero-order valence-corrected chi connectivity index (χ0v) is 12.3. The van der Waals surface area contributed by atoms with Crippen molar-refractivity contribution in [1.29, 1.82) is 0 Å². The molecule has 0 aromatic heterocycles. The summed E-state index contributed by atoms with van der Waals surface area (Å²) in [5.41, 5.74) is 0. The number of rotatable bonds is 6. The van der Waals surface area contributed by atoms with Crippen molar-refractivity contribution in [1.82, 2.24) is 5.32 Å². The van der Waals surface area contributed by atoms with E-state index < -0.39 is 0 Å². The Bertz CT molecular complexity index is 205. The van der Waals surface area contributed by atoms with Crippen LogP contribution in [0.15, 0.2) is 0 Å². The van der Waals surface area contributed by atoms with Crippen LogP contribution in [0.3, 0.4) is 0 Å². The van der Waals surface area contributed by atoms with Gasteiger partial charge in [0.1, 0.15) is 0 Å². The summed E-state index contributed by atoms with van der Waals surface area (Å²) in [6.45, 7) is 13.1. The molecule has 1 fully saturated rings. The summed E-state index contributed by atoms with van der Waals surface area (Å²) in [7, 11) is 0. The van der Waals surface area contributed by atoms with Gasteiger partial charge in [0.25, 0.3) is 0 Å². The number of nitrogens with one attached hydrogen (secondary N) is 1. The van der Waals surface area contributed by atoms with E-state index in [9.17, 15) is 0 Å². The first-order valence-corrected chi connectivity index (χ1v) is 7.38. The summed E-state index contributed by atoms with van der Waals surface area (Å²) < 4.78 is 5.58. The lowest BCUT2D eigenvalue weighted by atomic mass is 9.79. The fourth-order valence-electron chi connectivity index (χ4n) is 2.68. The Morgan fingerprint density at radius 2 is 1.88 bits per heavy atom. The normalized spacial score (nSPS) is 31.8. The lowest BCUT2D eigenvalue weighted by molar-refractivity contribution is 0.0947. The second kappa shape index (κ2) is 7.38.